The predicted molar refractivity (Wildman–Crippen MR) is 76.9 cm³/mol. The Kier molecular flexibility index (Phi) is 4.16. The van der Waals surface area contributed by atoms with E-state index in [9.17, 15) is 19.4 Å². The Bertz CT molecular complexity index is 540. The molecule has 3 rings (SSSR count). The Balaban J connectivity index is 1.62. The van der Waals surface area contributed by atoms with E-state index in [-0.39, 0.29) is 18.3 Å². The van der Waals surface area contributed by atoms with Crippen LogP contribution in [0.1, 0.15) is 29.6 Å². The zero-order valence-electron chi connectivity index (χ0n) is 12.2. The first-order valence-corrected chi connectivity index (χ1v) is 7.54. The van der Waals surface area contributed by atoms with E-state index in [0.717, 1.165) is 0 Å². The second-order valence-corrected chi connectivity index (χ2v) is 6.13. The summed E-state index contributed by atoms with van der Waals surface area (Å²) >= 11 is 0. The molecule has 2 N–H and O–H groups in total. The number of aliphatic hydroxyl groups is 2. The molecule has 2 saturated heterocycles. The average Bonchev–Trinajstić information content (AvgIpc) is 2.52. The number of aliphatic hydroxyl groups excluding tert-OH is 2. The van der Waals surface area contributed by atoms with Crippen LogP contribution in [0.3, 0.4) is 0 Å². The van der Waals surface area contributed by atoms with Crippen molar-refractivity contribution in [3.05, 3.63) is 35.6 Å². The highest BCUT2D eigenvalue weighted by atomic mass is 19.1. The van der Waals surface area contributed by atoms with Gasteiger partial charge in [-0.1, -0.05) is 0 Å². The van der Waals surface area contributed by atoms with Crippen LogP contribution in [0, 0.1) is 5.82 Å². The lowest BCUT2D eigenvalue weighted by atomic mass is 9.82. The van der Waals surface area contributed by atoms with Crippen LogP contribution in [0.5, 0.6) is 0 Å². The normalized spacial score (nSPS) is 27.9. The number of piperidine rings is 1. The molecule has 1 spiro atoms. The number of carbonyl (C=O) groups excluding carboxylic acids is 1. The summed E-state index contributed by atoms with van der Waals surface area (Å²) in [7, 11) is 0. The molecular weight excluding hydrogens is 289 g/mol. The van der Waals surface area contributed by atoms with Crippen molar-refractivity contribution in [2.75, 3.05) is 19.7 Å². The van der Waals surface area contributed by atoms with Gasteiger partial charge in [0.15, 0.2) is 0 Å². The quantitative estimate of drug-likeness (QED) is 0.810. The van der Waals surface area contributed by atoms with Gasteiger partial charge < -0.3 is 19.8 Å². The molecule has 1 aromatic carbocycles. The van der Waals surface area contributed by atoms with Crippen LogP contribution in [-0.4, -0.2) is 58.5 Å². The van der Waals surface area contributed by atoms with Gasteiger partial charge in [0, 0.05) is 25.1 Å². The van der Waals surface area contributed by atoms with E-state index in [0.29, 0.717) is 37.9 Å². The molecule has 2 fully saturated rings. The fraction of sp³-hybridized carbons (Fsp3) is 0.562. The van der Waals surface area contributed by atoms with Gasteiger partial charge in [-0.15, -0.1) is 0 Å². The monoisotopic (exact) mass is 309 g/mol. The molecule has 5 nitrogen and oxygen atoms in total. The van der Waals surface area contributed by atoms with E-state index < -0.39 is 17.8 Å². The Morgan fingerprint density at radius 1 is 1.18 bits per heavy atom. The first-order valence-electron chi connectivity index (χ1n) is 7.54. The zero-order valence-corrected chi connectivity index (χ0v) is 12.2. The van der Waals surface area contributed by atoms with E-state index in [1.54, 1.807) is 4.90 Å². The van der Waals surface area contributed by atoms with Gasteiger partial charge in [-0.05, 0) is 37.1 Å². The number of nitrogens with zero attached hydrogens (tertiary/aromatic N) is 1. The van der Waals surface area contributed by atoms with Crippen LogP contribution in [0.2, 0.25) is 0 Å². The molecule has 2 atom stereocenters. The number of ether oxygens (including phenoxy) is 1. The van der Waals surface area contributed by atoms with E-state index in [1.165, 1.54) is 24.3 Å². The SMILES string of the molecule is O=C(c1ccc(F)cc1)N1CCC2(CC1)C[C@@H](O)[C@@H](O)CO2. The minimum atomic E-state index is -0.829. The summed E-state index contributed by atoms with van der Waals surface area (Å²) in [5.74, 6) is -0.483. The predicted octanol–water partition coefficient (Wildman–Crippen LogP) is 0.943. The molecule has 0 aromatic heterocycles. The highest BCUT2D eigenvalue weighted by molar-refractivity contribution is 5.94. The number of benzene rings is 1. The summed E-state index contributed by atoms with van der Waals surface area (Å²) in [6.45, 7) is 1.19. The first-order chi connectivity index (χ1) is 10.5. The Hall–Kier alpha value is -1.50. The van der Waals surface area contributed by atoms with Crippen LogP contribution >= 0.6 is 0 Å². The third-order valence-corrected chi connectivity index (χ3v) is 4.64. The molecule has 0 bridgehead atoms. The van der Waals surface area contributed by atoms with Crippen molar-refractivity contribution in [3.8, 4) is 0 Å². The maximum atomic E-state index is 12.9. The molecule has 0 aliphatic carbocycles. The standard InChI is InChI=1S/C16H20FNO4/c17-12-3-1-11(2-4-12)15(21)18-7-5-16(6-8-18)9-13(19)14(20)10-22-16/h1-4,13-14,19-20H,5-10H2/t13-,14+/m1/s1. The first kappa shape index (κ1) is 15.4. The van der Waals surface area contributed by atoms with Gasteiger partial charge in [0.1, 0.15) is 11.9 Å². The third-order valence-electron chi connectivity index (χ3n) is 4.64. The number of hydrogen-bond donors (Lipinski definition) is 2. The smallest absolute Gasteiger partial charge is 0.253 e. The van der Waals surface area contributed by atoms with Crippen LogP contribution < -0.4 is 0 Å². The molecule has 1 aromatic rings. The van der Waals surface area contributed by atoms with Crippen molar-refractivity contribution in [1.82, 2.24) is 4.90 Å². The van der Waals surface area contributed by atoms with Crippen molar-refractivity contribution in [1.29, 1.82) is 0 Å². The molecule has 120 valence electrons. The fourth-order valence-electron chi connectivity index (χ4n) is 3.19. The van der Waals surface area contributed by atoms with Crippen LogP contribution in [0.15, 0.2) is 24.3 Å². The summed E-state index contributed by atoms with van der Waals surface area (Å²) in [4.78, 5) is 14.1. The summed E-state index contributed by atoms with van der Waals surface area (Å²) in [5.41, 5.74) is 0.0236. The second-order valence-electron chi connectivity index (χ2n) is 6.13. The van der Waals surface area contributed by atoms with Crippen molar-refractivity contribution in [2.45, 2.75) is 37.1 Å². The van der Waals surface area contributed by atoms with Crippen molar-refractivity contribution < 1.29 is 24.1 Å². The maximum Gasteiger partial charge on any atom is 0.253 e. The lowest BCUT2D eigenvalue weighted by Crippen LogP contribution is -2.55. The number of amides is 1. The lowest BCUT2D eigenvalue weighted by molar-refractivity contribution is -0.185. The molecule has 0 radical (unpaired) electrons. The van der Waals surface area contributed by atoms with Gasteiger partial charge in [0.2, 0.25) is 0 Å². The van der Waals surface area contributed by atoms with Gasteiger partial charge in [-0.25, -0.2) is 4.39 Å². The number of rotatable bonds is 1. The maximum absolute atomic E-state index is 12.9. The van der Waals surface area contributed by atoms with Gasteiger partial charge in [-0.3, -0.25) is 4.79 Å². The Morgan fingerprint density at radius 2 is 1.82 bits per heavy atom. The zero-order chi connectivity index (χ0) is 15.7. The molecule has 2 heterocycles. The Labute approximate surface area is 128 Å². The number of halogens is 1. The van der Waals surface area contributed by atoms with Crippen molar-refractivity contribution in [2.24, 2.45) is 0 Å². The number of hydrogen-bond acceptors (Lipinski definition) is 4. The highest BCUT2D eigenvalue weighted by Crippen LogP contribution is 2.35. The largest absolute Gasteiger partial charge is 0.390 e. The van der Waals surface area contributed by atoms with E-state index in [1.807, 2.05) is 0 Å². The molecule has 0 saturated carbocycles. The molecule has 2 aliphatic rings. The van der Waals surface area contributed by atoms with Gasteiger partial charge in [0.05, 0.1) is 18.3 Å². The topological polar surface area (TPSA) is 70.0 Å². The highest BCUT2D eigenvalue weighted by Gasteiger charge is 2.43. The summed E-state index contributed by atoms with van der Waals surface area (Å²) in [5, 5.41) is 19.4. The Morgan fingerprint density at radius 3 is 2.41 bits per heavy atom. The molecule has 1 amide bonds. The van der Waals surface area contributed by atoms with Gasteiger partial charge in [0.25, 0.3) is 5.91 Å². The third kappa shape index (κ3) is 2.99. The molecule has 0 unspecified atom stereocenters. The number of likely N-dealkylation sites (tertiary alicyclic amines) is 1. The lowest BCUT2D eigenvalue weighted by Gasteiger charge is -2.46. The average molecular weight is 309 g/mol. The fourth-order valence-corrected chi connectivity index (χ4v) is 3.19. The van der Waals surface area contributed by atoms with Crippen LogP contribution in [0.25, 0.3) is 0 Å². The number of carbonyl (C=O) groups is 1. The van der Waals surface area contributed by atoms with Crippen LogP contribution in [0.4, 0.5) is 4.39 Å². The summed E-state index contributed by atoms with van der Waals surface area (Å²) in [6, 6.07) is 5.53. The molecule has 2 aliphatic heterocycles. The minimum absolute atomic E-state index is 0.119. The summed E-state index contributed by atoms with van der Waals surface area (Å²) < 4.78 is 18.7. The van der Waals surface area contributed by atoms with Crippen molar-refractivity contribution >= 4 is 5.91 Å². The van der Waals surface area contributed by atoms with Gasteiger partial charge in [-0.2, -0.15) is 0 Å². The second kappa shape index (κ2) is 5.95. The van der Waals surface area contributed by atoms with Crippen LogP contribution in [-0.2, 0) is 4.74 Å². The van der Waals surface area contributed by atoms with Crippen molar-refractivity contribution in [3.63, 3.8) is 0 Å². The van der Waals surface area contributed by atoms with E-state index >= 15 is 0 Å². The minimum Gasteiger partial charge on any atom is -0.390 e. The molecule has 6 heteroatoms. The van der Waals surface area contributed by atoms with Gasteiger partial charge >= 0.3 is 0 Å². The summed E-state index contributed by atoms with van der Waals surface area (Å²) in [6.07, 6.45) is 0.0535. The molecule has 22 heavy (non-hydrogen) atoms. The van der Waals surface area contributed by atoms with E-state index in [2.05, 4.69) is 0 Å². The molecular formula is C16H20FNO4. The van der Waals surface area contributed by atoms with E-state index in [4.69, 9.17) is 4.74 Å².